The molecule has 0 radical (unpaired) electrons. The summed E-state index contributed by atoms with van der Waals surface area (Å²) in [4.78, 5) is 2.32. The fourth-order valence-electron chi connectivity index (χ4n) is 2.51. The molecule has 0 bridgehead atoms. The SMILES string of the molecule is CS(=O)(=O)OC[C@H](c1ccccc1)N1CCCCC1. The second kappa shape index (κ2) is 6.50. The van der Waals surface area contributed by atoms with Crippen molar-refractivity contribution < 1.29 is 12.6 Å². The third-order valence-corrected chi connectivity index (χ3v) is 4.02. The number of hydrogen-bond acceptors (Lipinski definition) is 4. The van der Waals surface area contributed by atoms with E-state index in [4.69, 9.17) is 4.18 Å². The monoisotopic (exact) mass is 283 g/mol. The van der Waals surface area contributed by atoms with Gasteiger partial charge in [0.1, 0.15) is 0 Å². The standard InChI is InChI=1S/C14H21NO3S/c1-19(16,17)18-12-14(13-8-4-2-5-9-13)15-10-6-3-7-11-15/h2,4-5,8-9,14H,3,6-7,10-12H2,1H3/t14-/m1/s1. The van der Waals surface area contributed by atoms with Crippen molar-refractivity contribution in [3.05, 3.63) is 35.9 Å². The summed E-state index contributed by atoms with van der Waals surface area (Å²) in [5.41, 5.74) is 1.12. The van der Waals surface area contributed by atoms with Gasteiger partial charge in [-0.15, -0.1) is 0 Å². The average molecular weight is 283 g/mol. The Bertz CT molecular complexity index is 481. The first-order valence-corrected chi connectivity index (χ1v) is 8.51. The minimum absolute atomic E-state index is 0.0243. The molecule has 1 saturated heterocycles. The molecule has 1 fully saturated rings. The fourth-order valence-corrected chi connectivity index (χ4v) is 2.88. The molecule has 0 aromatic heterocycles. The van der Waals surface area contributed by atoms with Crippen molar-refractivity contribution in [2.24, 2.45) is 0 Å². The van der Waals surface area contributed by atoms with Crippen LogP contribution in [0.2, 0.25) is 0 Å². The highest BCUT2D eigenvalue weighted by Gasteiger charge is 2.23. The van der Waals surface area contributed by atoms with Crippen LogP contribution in [0.4, 0.5) is 0 Å². The van der Waals surface area contributed by atoms with E-state index in [1.807, 2.05) is 30.3 Å². The molecule has 1 aromatic carbocycles. The van der Waals surface area contributed by atoms with Crippen molar-refractivity contribution in [3.8, 4) is 0 Å². The average Bonchev–Trinajstić information content (AvgIpc) is 2.40. The van der Waals surface area contributed by atoms with Crippen LogP contribution in [-0.2, 0) is 14.3 Å². The Kier molecular flexibility index (Phi) is 4.96. The van der Waals surface area contributed by atoms with Gasteiger partial charge >= 0.3 is 0 Å². The van der Waals surface area contributed by atoms with E-state index >= 15 is 0 Å². The molecule has 0 saturated carbocycles. The third-order valence-electron chi connectivity index (χ3n) is 3.46. The summed E-state index contributed by atoms with van der Waals surface area (Å²) in [7, 11) is -3.39. The van der Waals surface area contributed by atoms with Crippen LogP contribution in [0.5, 0.6) is 0 Å². The lowest BCUT2D eigenvalue weighted by Gasteiger charge is -2.34. The number of piperidine rings is 1. The van der Waals surface area contributed by atoms with E-state index in [0.717, 1.165) is 24.9 Å². The largest absolute Gasteiger partial charge is 0.294 e. The predicted molar refractivity (Wildman–Crippen MR) is 75.4 cm³/mol. The van der Waals surface area contributed by atoms with E-state index in [1.54, 1.807) is 0 Å². The normalized spacial score (nSPS) is 19.2. The Balaban J connectivity index is 2.12. The highest BCUT2D eigenvalue weighted by Crippen LogP contribution is 2.25. The first-order chi connectivity index (χ1) is 9.06. The van der Waals surface area contributed by atoms with Crippen molar-refractivity contribution in [2.75, 3.05) is 26.0 Å². The lowest BCUT2D eigenvalue weighted by atomic mass is 10.0. The van der Waals surface area contributed by atoms with Crippen LogP contribution in [0.15, 0.2) is 30.3 Å². The fraction of sp³-hybridized carbons (Fsp3) is 0.571. The van der Waals surface area contributed by atoms with Gasteiger partial charge in [-0.05, 0) is 31.5 Å². The van der Waals surface area contributed by atoms with Gasteiger partial charge in [-0.3, -0.25) is 9.08 Å². The molecule has 0 aliphatic carbocycles. The molecule has 19 heavy (non-hydrogen) atoms. The van der Waals surface area contributed by atoms with Crippen molar-refractivity contribution in [1.82, 2.24) is 4.90 Å². The second-order valence-electron chi connectivity index (χ2n) is 5.01. The van der Waals surface area contributed by atoms with Gasteiger partial charge < -0.3 is 0 Å². The summed E-state index contributed by atoms with van der Waals surface area (Å²) in [6.45, 7) is 2.21. The smallest absolute Gasteiger partial charge is 0.264 e. The van der Waals surface area contributed by atoms with Gasteiger partial charge in [-0.25, -0.2) is 0 Å². The van der Waals surface area contributed by atoms with Crippen LogP contribution in [-0.4, -0.2) is 39.3 Å². The zero-order valence-electron chi connectivity index (χ0n) is 11.3. The topological polar surface area (TPSA) is 46.6 Å². The molecule has 1 aromatic rings. The first-order valence-electron chi connectivity index (χ1n) is 6.70. The van der Waals surface area contributed by atoms with E-state index in [-0.39, 0.29) is 12.6 Å². The van der Waals surface area contributed by atoms with E-state index < -0.39 is 10.1 Å². The zero-order valence-corrected chi connectivity index (χ0v) is 12.1. The molecule has 1 aliphatic heterocycles. The Morgan fingerprint density at radius 1 is 1.16 bits per heavy atom. The van der Waals surface area contributed by atoms with Crippen molar-refractivity contribution in [3.63, 3.8) is 0 Å². The molecule has 106 valence electrons. The van der Waals surface area contributed by atoms with Crippen LogP contribution >= 0.6 is 0 Å². The molecular weight excluding hydrogens is 262 g/mol. The van der Waals surface area contributed by atoms with Crippen molar-refractivity contribution >= 4 is 10.1 Å². The van der Waals surface area contributed by atoms with Crippen LogP contribution in [0.1, 0.15) is 30.9 Å². The summed E-state index contributed by atoms with van der Waals surface area (Å²) >= 11 is 0. The Morgan fingerprint density at radius 3 is 2.37 bits per heavy atom. The van der Waals surface area contributed by atoms with Crippen LogP contribution < -0.4 is 0 Å². The maximum atomic E-state index is 11.2. The van der Waals surface area contributed by atoms with Gasteiger partial charge in [-0.1, -0.05) is 36.8 Å². The lowest BCUT2D eigenvalue weighted by Crippen LogP contribution is -2.36. The van der Waals surface area contributed by atoms with Crippen molar-refractivity contribution in [2.45, 2.75) is 25.3 Å². The highest BCUT2D eigenvalue weighted by atomic mass is 32.2. The van der Waals surface area contributed by atoms with Gasteiger partial charge in [0, 0.05) is 0 Å². The summed E-state index contributed by atoms with van der Waals surface area (Å²) < 4.78 is 27.4. The van der Waals surface area contributed by atoms with E-state index in [1.165, 1.54) is 19.3 Å². The van der Waals surface area contributed by atoms with E-state index in [2.05, 4.69) is 4.90 Å². The van der Waals surface area contributed by atoms with E-state index in [0.29, 0.717) is 0 Å². The van der Waals surface area contributed by atoms with E-state index in [9.17, 15) is 8.42 Å². The molecule has 1 heterocycles. The number of rotatable bonds is 5. The van der Waals surface area contributed by atoms with Crippen molar-refractivity contribution in [1.29, 1.82) is 0 Å². The summed E-state index contributed by atoms with van der Waals surface area (Å²) in [5.74, 6) is 0. The molecule has 0 N–H and O–H groups in total. The third kappa shape index (κ3) is 4.60. The number of nitrogens with zero attached hydrogens (tertiary/aromatic N) is 1. The maximum absolute atomic E-state index is 11.2. The zero-order chi connectivity index (χ0) is 13.7. The van der Waals surface area contributed by atoms with Crippen LogP contribution in [0.25, 0.3) is 0 Å². The summed E-state index contributed by atoms with van der Waals surface area (Å²) in [6, 6.07) is 10.0. The summed E-state index contributed by atoms with van der Waals surface area (Å²) in [6.07, 6.45) is 4.70. The molecule has 0 unspecified atom stereocenters. The molecule has 0 amide bonds. The summed E-state index contributed by atoms with van der Waals surface area (Å²) in [5, 5.41) is 0. The molecular formula is C14H21NO3S. The molecule has 5 heteroatoms. The second-order valence-corrected chi connectivity index (χ2v) is 6.66. The number of benzene rings is 1. The Labute approximate surface area is 115 Å². The van der Waals surface area contributed by atoms with Crippen LogP contribution in [0, 0.1) is 0 Å². The molecule has 4 nitrogen and oxygen atoms in total. The Morgan fingerprint density at radius 2 is 1.79 bits per heavy atom. The van der Waals surface area contributed by atoms with Gasteiger partial charge in [0.2, 0.25) is 0 Å². The van der Waals surface area contributed by atoms with Gasteiger partial charge in [0.25, 0.3) is 10.1 Å². The first kappa shape index (κ1) is 14.5. The minimum Gasteiger partial charge on any atom is -0.294 e. The van der Waals surface area contributed by atoms with Gasteiger partial charge in [-0.2, -0.15) is 8.42 Å². The number of hydrogen-bond donors (Lipinski definition) is 0. The van der Waals surface area contributed by atoms with Gasteiger partial charge in [0.15, 0.2) is 0 Å². The van der Waals surface area contributed by atoms with Gasteiger partial charge in [0.05, 0.1) is 18.9 Å². The quantitative estimate of drug-likeness (QED) is 0.777. The van der Waals surface area contributed by atoms with Crippen LogP contribution in [0.3, 0.4) is 0 Å². The molecule has 2 rings (SSSR count). The molecule has 1 atom stereocenters. The maximum Gasteiger partial charge on any atom is 0.264 e. The molecule has 1 aliphatic rings. The minimum atomic E-state index is -3.39. The predicted octanol–water partition coefficient (Wildman–Crippen LogP) is 2.19. The number of likely N-dealkylation sites (tertiary alicyclic amines) is 1. The Hall–Kier alpha value is -0.910. The lowest BCUT2D eigenvalue weighted by molar-refractivity contribution is 0.117. The molecule has 0 spiro atoms. The highest BCUT2D eigenvalue weighted by molar-refractivity contribution is 7.85.